The number of nitrogens with zero attached hydrogens (tertiary/aromatic N) is 4. The van der Waals surface area contributed by atoms with Gasteiger partial charge in [-0.2, -0.15) is 0 Å². The Morgan fingerprint density at radius 2 is 1.90 bits per heavy atom. The summed E-state index contributed by atoms with van der Waals surface area (Å²) in [6.45, 7) is 2.57. The summed E-state index contributed by atoms with van der Waals surface area (Å²) in [6.07, 6.45) is -4.98. The van der Waals surface area contributed by atoms with Gasteiger partial charge in [-0.1, -0.05) is 0 Å². The van der Waals surface area contributed by atoms with Crippen LogP contribution in [0.15, 0.2) is 58.0 Å². The maximum absolute atomic E-state index is 14.9. The first-order chi connectivity index (χ1) is 18.9. The molecule has 40 heavy (non-hydrogen) atoms. The molecule has 0 aliphatic carbocycles. The van der Waals surface area contributed by atoms with Crippen LogP contribution in [-0.2, 0) is 22.2 Å². The van der Waals surface area contributed by atoms with E-state index in [0.717, 1.165) is 40.8 Å². The molecule has 2 aromatic carbocycles. The molecule has 0 radical (unpaired) electrons. The molecule has 0 saturated carbocycles. The number of thioether (sulfide) groups is 1. The first kappa shape index (κ1) is 27.7. The Morgan fingerprint density at radius 3 is 2.55 bits per heavy atom. The van der Waals surface area contributed by atoms with Crippen molar-refractivity contribution in [1.82, 2.24) is 14.5 Å². The summed E-state index contributed by atoms with van der Waals surface area (Å²) in [5, 5.41) is -0.0690. The summed E-state index contributed by atoms with van der Waals surface area (Å²) in [5.41, 5.74) is -2.88. The van der Waals surface area contributed by atoms with Gasteiger partial charge in [-0.3, -0.25) is 0 Å². The van der Waals surface area contributed by atoms with Crippen LogP contribution in [0.1, 0.15) is 5.56 Å². The molecule has 1 fully saturated rings. The number of aryl methyl sites for hydroxylation is 1. The van der Waals surface area contributed by atoms with Gasteiger partial charge in [-0.05, 0) is 0 Å². The number of rotatable bonds is 4. The van der Waals surface area contributed by atoms with Crippen molar-refractivity contribution < 1.29 is 35.8 Å². The van der Waals surface area contributed by atoms with Crippen LogP contribution in [0, 0.1) is 11.6 Å². The predicted octanol–water partition coefficient (Wildman–Crippen LogP) is 4.49. The molecule has 3 heterocycles. The van der Waals surface area contributed by atoms with Gasteiger partial charge in [-0.25, -0.2) is 4.39 Å². The van der Waals surface area contributed by atoms with Crippen LogP contribution >= 0.6 is 11.8 Å². The van der Waals surface area contributed by atoms with Crippen molar-refractivity contribution >= 4 is 41.5 Å². The Morgan fingerprint density at radius 1 is 1.15 bits per heavy atom. The molecule has 206 valence electrons. The van der Waals surface area contributed by atoms with Crippen molar-refractivity contribution in [2.75, 3.05) is 30.3 Å². The number of hydrogen-bond donors (Lipinski definition) is 0. The van der Waals surface area contributed by atoms with Crippen LogP contribution < -0.4 is 10.6 Å². The minimum atomic E-state index is -4.98. The molecule has 0 N–H and O–H groups in total. The molecule has 3 aromatic rings. The molecule has 1 saturated heterocycles. The number of halogens is 6. The fraction of sp³-hybridized carbons (Fsp3) is 0.240. The molecule has 0 bridgehead atoms. The molecule has 7 nitrogen and oxygen atoms in total. The molecular weight excluding hydrogens is 561 g/mol. The van der Waals surface area contributed by atoms with E-state index in [1.807, 2.05) is 0 Å². The van der Waals surface area contributed by atoms with E-state index < -0.39 is 51.9 Å². The average Bonchev–Trinajstić information content (AvgIpc) is 2.90. The van der Waals surface area contributed by atoms with Crippen molar-refractivity contribution in [3.63, 3.8) is 0 Å². The van der Waals surface area contributed by atoms with E-state index in [1.165, 1.54) is 9.47 Å². The molecule has 15 heteroatoms. The zero-order valence-electron chi connectivity index (χ0n) is 20.4. The van der Waals surface area contributed by atoms with Gasteiger partial charge in [0, 0.05) is 0 Å². The Bertz CT molecular complexity index is 1690. The summed E-state index contributed by atoms with van der Waals surface area (Å²) in [4.78, 5) is 31.7. The average molecular weight is 578 g/mol. The Balaban J connectivity index is 1.77. The molecule has 1 aromatic heterocycles. The number of carbonyl (C=O) groups is 1. The van der Waals surface area contributed by atoms with E-state index in [0.29, 0.717) is 13.2 Å². The van der Waals surface area contributed by atoms with Crippen molar-refractivity contribution in [3.05, 3.63) is 76.0 Å². The summed E-state index contributed by atoms with van der Waals surface area (Å²) >= 11 is 0.998. The van der Waals surface area contributed by atoms with Gasteiger partial charge in [-0.15, -0.1) is 0 Å². The number of hydrogen-bond acceptors (Lipinski definition) is 6. The fourth-order valence-electron chi connectivity index (χ4n) is 4.91. The quantitative estimate of drug-likeness (QED) is 0.258. The number of amides is 1. The SMILES string of the molecule is C=C(F)C(=O)N1CCN(c2nc(=O)n3c4c(c(-c5ccc(F)cc5F)c(C(F)(F)F)cc24)SCC3)C/C1=C\B=O. The van der Waals surface area contributed by atoms with Crippen LogP contribution in [0.4, 0.5) is 32.2 Å². The number of alkyl halides is 3. The van der Waals surface area contributed by atoms with Gasteiger partial charge in [0.15, 0.2) is 0 Å². The molecule has 0 unspecified atom stereocenters. The number of anilines is 1. The van der Waals surface area contributed by atoms with E-state index in [-0.39, 0.29) is 59.2 Å². The van der Waals surface area contributed by atoms with Crippen molar-refractivity contribution in [2.45, 2.75) is 17.6 Å². The molecule has 2 aliphatic rings. The third kappa shape index (κ3) is 4.71. The molecule has 0 spiro atoms. The number of benzene rings is 2. The van der Waals surface area contributed by atoms with Crippen LogP contribution in [-0.4, -0.2) is 52.9 Å². The van der Waals surface area contributed by atoms with Crippen LogP contribution in [0.25, 0.3) is 22.0 Å². The van der Waals surface area contributed by atoms with Gasteiger partial charge in [0.2, 0.25) is 0 Å². The van der Waals surface area contributed by atoms with Crippen LogP contribution in [0.3, 0.4) is 0 Å². The third-order valence-corrected chi connectivity index (χ3v) is 7.67. The first-order valence-corrected chi connectivity index (χ1v) is 12.7. The van der Waals surface area contributed by atoms with Crippen molar-refractivity contribution in [2.24, 2.45) is 0 Å². The molecule has 2 aliphatic heterocycles. The van der Waals surface area contributed by atoms with E-state index in [2.05, 4.69) is 11.6 Å². The van der Waals surface area contributed by atoms with Crippen molar-refractivity contribution in [1.29, 1.82) is 0 Å². The normalized spacial score (nSPS) is 16.4. The zero-order valence-corrected chi connectivity index (χ0v) is 21.2. The van der Waals surface area contributed by atoms with Crippen molar-refractivity contribution in [3.8, 4) is 11.1 Å². The van der Waals surface area contributed by atoms with Gasteiger partial charge in [0.05, 0.1) is 0 Å². The number of carbonyl (C=O) groups excluding carboxylic acids is 1. The van der Waals surface area contributed by atoms with Gasteiger partial charge >= 0.3 is 217 Å². The van der Waals surface area contributed by atoms with Crippen LogP contribution in [0.5, 0.6) is 0 Å². The summed E-state index contributed by atoms with van der Waals surface area (Å²) in [7, 11) is 0.363. The second-order valence-corrected chi connectivity index (χ2v) is 10.0. The third-order valence-electron chi connectivity index (χ3n) is 6.60. The molecule has 0 atom stereocenters. The first-order valence-electron chi connectivity index (χ1n) is 11.7. The van der Waals surface area contributed by atoms with Gasteiger partial charge < -0.3 is 0 Å². The number of aromatic nitrogens is 2. The van der Waals surface area contributed by atoms with E-state index >= 15 is 0 Å². The summed E-state index contributed by atoms with van der Waals surface area (Å²) < 4.78 is 98.0. The van der Waals surface area contributed by atoms with Gasteiger partial charge in [0.25, 0.3) is 0 Å². The summed E-state index contributed by atoms with van der Waals surface area (Å²) in [5.74, 6) is -3.48. The second kappa shape index (κ2) is 10.3. The van der Waals surface area contributed by atoms with Gasteiger partial charge in [0.1, 0.15) is 5.82 Å². The molecule has 5 rings (SSSR count). The zero-order chi connectivity index (χ0) is 28.9. The monoisotopic (exact) mass is 578 g/mol. The maximum atomic E-state index is 14.9. The Labute approximate surface area is 227 Å². The second-order valence-electron chi connectivity index (χ2n) is 8.94. The molecule has 1 amide bonds. The Kier molecular flexibility index (Phi) is 7.10. The predicted molar refractivity (Wildman–Crippen MR) is 136 cm³/mol. The van der Waals surface area contributed by atoms with Crippen LogP contribution in [0.2, 0.25) is 0 Å². The van der Waals surface area contributed by atoms with E-state index in [9.17, 15) is 40.6 Å². The topological polar surface area (TPSA) is 75.5 Å². The Hall–Kier alpha value is -3.88. The van der Waals surface area contributed by atoms with E-state index in [4.69, 9.17) is 0 Å². The molecular formula is C25H17BF6N4O3S. The minimum absolute atomic E-state index is 0.0199. The van der Waals surface area contributed by atoms with E-state index in [1.54, 1.807) is 0 Å². The summed E-state index contributed by atoms with van der Waals surface area (Å²) in [6, 6.07) is 3.02. The fourth-order valence-corrected chi connectivity index (χ4v) is 6.11. The number of piperazine rings is 1. The standard InChI is InChI=1S/C25H17BF6N4O3S/c1-12(27)23(37)35-5-4-34(11-14(35)10-26-39)22-16-9-17(25(30,31)32)19(15-3-2-13(28)8-18(15)29)21-20(16)36(6-7-40-21)24(38)33-22/h2-3,8-10H,1,4-7,11H2/b14-10+.